The maximum Gasteiger partial charge on any atom is 0.161 e. The van der Waals surface area contributed by atoms with Gasteiger partial charge >= 0.3 is 0 Å². The molecule has 0 aliphatic carbocycles. The predicted octanol–water partition coefficient (Wildman–Crippen LogP) is 3.99. The third-order valence-corrected chi connectivity index (χ3v) is 6.01. The summed E-state index contributed by atoms with van der Waals surface area (Å²) in [4.78, 5) is 18.7. The van der Waals surface area contributed by atoms with Crippen molar-refractivity contribution in [2.45, 2.75) is 33.4 Å². The average molecular weight is 435 g/mol. The molecule has 0 saturated heterocycles. The van der Waals surface area contributed by atoms with Gasteiger partial charge in [0.2, 0.25) is 0 Å². The van der Waals surface area contributed by atoms with Crippen molar-refractivity contribution in [3.8, 4) is 11.4 Å². The second-order valence-corrected chi connectivity index (χ2v) is 8.10. The fourth-order valence-corrected chi connectivity index (χ4v) is 4.10. The summed E-state index contributed by atoms with van der Waals surface area (Å²) in [5.41, 5.74) is 4.35. The second kappa shape index (κ2) is 10.6. The average Bonchev–Trinajstić information content (AvgIpc) is 2.84. The predicted molar refractivity (Wildman–Crippen MR) is 126 cm³/mol. The van der Waals surface area contributed by atoms with E-state index in [2.05, 4.69) is 33.9 Å². The van der Waals surface area contributed by atoms with Crippen LogP contribution < -0.4 is 5.32 Å². The molecule has 0 spiro atoms. The number of likely N-dealkylation sites (N-methyl/N-ethyl adjacent to an activating group) is 1. The van der Waals surface area contributed by atoms with E-state index in [4.69, 9.17) is 9.97 Å². The normalized spacial score (nSPS) is 13.9. The topological polar surface area (TPSA) is 57.2 Å². The third-order valence-electron chi connectivity index (χ3n) is 6.01. The Bertz CT molecular complexity index is 1000. The summed E-state index contributed by atoms with van der Waals surface area (Å²) in [6, 6.07) is 10.7. The first-order valence-electron chi connectivity index (χ1n) is 11.4. The zero-order valence-corrected chi connectivity index (χ0v) is 18.9. The van der Waals surface area contributed by atoms with E-state index >= 15 is 0 Å². The fourth-order valence-electron chi connectivity index (χ4n) is 4.10. The molecule has 0 atom stereocenters. The van der Waals surface area contributed by atoms with Gasteiger partial charge in [0.05, 0.1) is 5.69 Å². The van der Waals surface area contributed by atoms with Gasteiger partial charge in [-0.25, -0.2) is 14.4 Å². The molecular weight excluding hydrogens is 403 g/mol. The van der Waals surface area contributed by atoms with E-state index in [-0.39, 0.29) is 5.82 Å². The van der Waals surface area contributed by atoms with E-state index in [1.54, 1.807) is 12.4 Å². The van der Waals surface area contributed by atoms with Crippen molar-refractivity contribution in [2.24, 2.45) is 0 Å². The summed E-state index contributed by atoms with van der Waals surface area (Å²) in [6.45, 7) is 10.7. The van der Waals surface area contributed by atoms with Crippen LogP contribution in [0.25, 0.3) is 11.4 Å². The standard InChI is InChI=1S/C25H31FN6/c1-3-31(4-2)16-14-28-25-22-18-32(17-19-5-7-21(26)8-6-19)15-11-23(22)29-24(30-25)20-9-12-27-13-10-20/h5-10,12-13H,3-4,11,14-18H2,1-2H3,(H,28,29,30). The van der Waals surface area contributed by atoms with Gasteiger partial charge in [0.1, 0.15) is 11.6 Å². The molecule has 4 rings (SSSR count). The van der Waals surface area contributed by atoms with Crippen LogP contribution in [0.4, 0.5) is 10.2 Å². The maximum absolute atomic E-state index is 13.3. The van der Waals surface area contributed by atoms with Crippen LogP contribution in [0.3, 0.4) is 0 Å². The summed E-state index contributed by atoms with van der Waals surface area (Å²) in [5, 5.41) is 3.59. The minimum Gasteiger partial charge on any atom is -0.368 e. The van der Waals surface area contributed by atoms with Crippen molar-refractivity contribution >= 4 is 5.82 Å². The van der Waals surface area contributed by atoms with Crippen molar-refractivity contribution in [1.29, 1.82) is 0 Å². The molecule has 3 heterocycles. The van der Waals surface area contributed by atoms with E-state index in [9.17, 15) is 4.39 Å². The third kappa shape index (κ3) is 5.47. The second-order valence-electron chi connectivity index (χ2n) is 8.10. The Kier molecular flexibility index (Phi) is 7.39. The van der Waals surface area contributed by atoms with Crippen molar-refractivity contribution in [3.63, 3.8) is 0 Å². The Morgan fingerprint density at radius 2 is 1.78 bits per heavy atom. The quantitative estimate of drug-likeness (QED) is 0.550. The molecular formula is C25H31FN6. The van der Waals surface area contributed by atoms with Crippen molar-refractivity contribution < 1.29 is 4.39 Å². The lowest BCUT2D eigenvalue weighted by Crippen LogP contribution is -2.33. The van der Waals surface area contributed by atoms with E-state index in [0.29, 0.717) is 0 Å². The molecule has 7 heteroatoms. The first-order chi connectivity index (χ1) is 15.7. The molecule has 1 aliphatic heterocycles. The number of nitrogens with zero attached hydrogens (tertiary/aromatic N) is 5. The molecule has 32 heavy (non-hydrogen) atoms. The van der Waals surface area contributed by atoms with E-state index in [1.807, 2.05) is 24.3 Å². The number of halogens is 1. The number of fused-ring (bicyclic) bond motifs is 1. The molecule has 168 valence electrons. The van der Waals surface area contributed by atoms with Gasteiger partial charge in [-0.1, -0.05) is 26.0 Å². The van der Waals surface area contributed by atoms with Crippen LogP contribution in [0.1, 0.15) is 30.7 Å². The summed E-state index contributed by atoms with van der Waals surface area (Å²) in [7, 11) is 0. The zero-order chi connectivity index (χ0) is 22.3. The zero-order valence-electron chi connectivity index (χ0n) is 18.9. The number of hydrogen-bond donors (Lipinski definition) is 1. The van der Waals surface area contributed by atoms with Crippen molar-refractivity contribution in [2.75, 3.05) is 38.0 Å². The smallest absolute Gasteiger partial charge is 0.161 e. The Labute approximate surface area is 189 Å². The van der Waals surface area contributed by atoms with Gasteiger partial charge in [0.25, 0.3) is 0 Å². The minimum atomic E-state index is -0.200. The lowest BCUT2D eigenvalue weighted by atomic mass is 10.0. The van der Waals surface area contributed by atoms with Crippen LogP contribution in [0, 0.1) is 5.82 Å². The van der Waals surface area contributed by atoms with Gasteiger partial charge in [-0.05, 0) is 42.9 Å². The number of benzene rings is 1. The van der Waals surface area contributed by atoms with Gasteiger partial charge < -0.3 is 10.2 Å². The van der Waals surface area contributed by atoms with E-state index in [1.165, 1.54) is 12.1 Å². The van der Waals surface area contributed by atoms with Gasteiger partial charge in [0, 0.05) is 62.7 Å². The Hall–Kier alpha value is -2.90. The summed E-state index contributed by atoms with van der Waals surface area (Å²) >= 11 is 0. The number of anilines is 1. The lowest BCUT2D eigenvalue weighted by molar-refractivity contribution is 0.243. The maximum atomic E-state index is 13.3. The minimum absolute atomic E-state index is 0.200. The Balaban J connectivity index is 1.57. The Morgan fingerprint density at radius 3 is 2.50 bits per heavy atom. The lowest BCUT2D eigenvalue weighted by Gasteiger charge is -2.30. The van der Waals surface area contributed by atoms with Gasteiger partial charge in [-0.15, -0.1) is 0 Å². The molecule has 0 bridgehead atoms. The molecule has 1 aliphatic rings. The highest BCUT2D eigenvalue weighted by Gasteiger charge is 2.23. The van der Waals surface area contributed by atoms with Crippen molar-refractivity contribution in [3.05, 3.63) is 71.4 Å². The highest BCUT2D eigenvalue weighted by atomic mass is 19.1. The summed E-state index contributed by atoms with van der Waals surface area (Å²) in [6.07, 6.45) is 4.41. The van der Waals surface area contributed by atoms with Gasteiger partial charge in [-0.2, -0.15) is 0 Å². The summed E-state index contributed by atoms with van der Waals surface area (Å²) < 4.78 is 13.3. The van der Waals surface area contributed by atoms with E-state index in [0.717, 1.165) is 86.3 Å². The molecule has 1 aromatic carbocycles. The first kappa shape index (κ1) is 22.3. The molecule has 3 aromatic rings. The molecule has 0 saturated carbocycles. The highest BCUT2D eigenvalue weighted by Crippen LogP contribution is 2.28. The molecule has 0 radical (unpaired) electrons. The van der Waals surface area contributed by atoms with Crippen LogP contribution >= 0.6 is 0 Å². The monoisotopic (exact) mass is 434 g/mol. The number of hydrogen-bond acceptors (Lipinski definition) is 6. The fraction of sp³-hybridized carbons (Fsp3) is 0.400. The van der Waals surface area contributed by atoms with Crippen LogP contribution in [-0.4, -0.2) is 57.5 Å². The molecule has 2 aromatic heterocycles. The van der Waals surface area contributed by atoms with Crippen LogP contribution in [0.15, 0.2) is 48.8 Å². The van der Waals surface area contributed by atoms with Crippen LogP contribution in [0.5, 0.6) is 0 Å². The summed E-state index contributed by atoms with van der Waals surface area (Å²) in [5.74, 6) is 1.45. The molecule has 6 nitrogen and oxygen atoms in total. The van der Waals surface area contributed by atoms with Crippen LogP contribution in [-0.2, 0) is 19.5 Å². The Morgan fingerprint density at radius 1 is 1.03 bits per heavy atom. The van der Waals surface area contributed by atoms with E-state index < -0.39 is 0 Å². The first-order valence-corrected chi connectivity index (χ1v) is 11.4. The highest BCUT2D eigenvalue weighted by molar-refractivity contribution is 5.59. The van der Waals surface area contributed by atoms with Crippen LogP contribution in [0.2, 0.25) is 0 Å². The number of nitrogens with one attached hydrogen (secondary N) is 1. The van der Waals surface area contributed by atoms with Gasteiger partial charge in [-0.3, -0.25) is 9.88 Å². The largest absolute Gasteiger partial charge is 0.368 e. The number of pyridine rings is 1. The molecule has 0 fully saturated rings. The molecule has 0 unspecified atom stereocenters. The molecule has 0 amide bonds. The van der Waals surface area contributed by atoms with Gasteiger partial charge in [0.15, 0.2) is 5.82 Å². The number of aromatic nitrogens is 3. The van der Waals surface area contributed by atoms with Crippen molar-refractivity contribution in [1.82, 2.24) is 24.8 Å². The number of rotatable bonds is 9. The SMILES string of the molecule is CCN(CC)CCNc1nc(-c2ccncc2)nc2c1CN(Cc1ccc(F)cc1)CC2. The molecule has 1 N–H and O–H groups in total.